The van der Waals surface area contributed by atoms with E-state index in [0.29, 0.717) is 28.2 Å². The smallest absolute Gasteiger partial charge is 0.282 e. The average molecular weight is 402 g/mol. The fourth-order valence-electron chi connectivity index (χ4n) is 3.93. The molecule has 0 radical (unpaired) electrons. The van der Waals surface area contributed by atoms with E-state index in [2.05, 4.69) is 10.2 Å². The normalized spacial score (nSPS) is 16.9. The number of carbonyl (C=O) groups excluding carboxylic acids is 2. The van der Waals surface area contributed by atoms with Gasteiger partial charge in [0.25, 0.3) is 11.5 Å². The Kier molecular flexibility index (Phi) is 3.92. The number of nitrogens with zero attached hydrogens (tertiary/aromatic N) is 6. The van der Waals surface area contributed by atoms with Gasteiger partial charge in [-0.05, 0) is 31.2 Å². The summed E-state index contributed by atoms with van der Waals surface area (Å²) in [5.41, 5.74) is 1.10. The van der Waals surface area contributed by atoms with Crippen molar-refractivity contribution in [2.45, 2.75) is 19.5 Å². The van der Waals surface area contributed by atoms with Crippen molar-refractivity contribution in [3.05, 3.63) is 70.8 Å². The SMILES string of the molecule is C[C@H]1C(=O)N(Cc2nnc3n(C)c(=O)c4ccccc4n23)C(=O)N1c1ccccc1. The Bertz CT molecular complexity index is 1370. The number of imide groups is 1. The van der Waals surface area contributed by atoms with Gasteiger partial charge < -0.3 is 0 Å². The molecule has 2 aromatic heterocycles. The maximum absolute atomic E-state index is 13.1. The van der Waals surface area contributed by atoms with E-state index >= 15 is 0 Å². The van der Waals surface area contributed by atoms with E-state index in [1.807, 2.05) is 24.3 Å². The van der Waals surface area contributed by atoms with Gasteiger partial charge in [0.1, 0.15) is 6.04 Å². The third-order valence-corrected chi connectivity index (χ3v) is 5.47. The molecule has 30 heavy (non-hydrogen) atoms. The molecule has 2 aromatic carbocycles. The second kappa shape index (κ2) is 6.51. The summed E-state index contributed by atoms with van der Waals surface area (Å²) in [6.45, 7) is 1.66. The molecule has 3 heterocycles. The van der Waals surface area contributed by atoms with Crippen LogP contribution < -0.4 is 10.5 Å². The van der Waals surface area contributed by atoms with Crippen LogP contribution in [0.2, 0.25) is 0 Å². The first-order valence-electron chi connectivity index (χ1n) is 9.50. The van der Waals surface area contributed by atoms with Gasteiger partial charge in [0.05, 0.1) is 17.4 Å². The van der Waals surface area contributed by atoms with Crippen molar-refractivity contribution in [2.75, 3.05) is 4.90 Å². The van der Waals surface area contributed by atoms with Crippen molar-refractivity contribution >= 4 is 34.3 Å². The summed E-state index contributed by atoms with van der Waals surface area (Å²) in [6.07, 6.45) is 0. The third-order valence-electron chi connectivity index (χ3n) is 5.47. The summed E-state index contributed by atoms with van der Waals surface area (Å²) in [5, 5.41) is 8.83. The van der Waals surface area contributed by atoms with E-state index in [0.717, 1.165) is 0 Å². The predicted molar refractivity (Wildman–Crippen MR) is 110 cm³/mol. The summed E-state index contributed by atoms with van der Waals surface area (Å²) >= 11 is 0. The monoisotopic (exact) mass is 402 g/mol. The maximum atomic E-state index is 13.1. The highest BCUT2D eigenvalue weighted by Crippen LogP contribution is 2.27. The third kappa shape index (κ3) is 2.45. The zero-order chi connectivity index (χ0) is 21.0. The Morgan fingerprint density at radius 1 is 0.933 bits per heavy atom. The van der Waals surface area contributed by atoms with Crippen molar-refractivity contribution in [1.29, 1.82) is 0 Å². The van der Waals surface area contributed by atoms with E-state index in [-0.39, 0.29) is 18.0 Å². The fraction of sp³-hybridized carbons (Fsp3) is 0.190. The summed E-state index contributed by atoms with van der Waals surface area (Å²) in [6, 6.07) is 15.2. The molecule has 1 aliphatic heterocycles. The minimum Gasteiger partial charge on any atom is -0.282 e. The number of aromatic nitrogens is 4. The number of hydrogen-bond acceptors (Lipinski definition) is 5. The van der Waals surface area contributed by atoms with Gasteiger partial charge in [-0.2, -0.15) is 0 Å². The first kappa shape index (κ1) is 18.0. The quantitative estimate of drug-likeness (QED) is 0.488. The van der Waals surface area contributed by atoms with Crippen LogP contribution in [0.3, 0.4) is 0 Å². The number of aryl methyl sites for hydroxylation is 1. The summed E-state index contributed by atoms with van der Waals surface area (Å²) in [4.78, 5) is 41.2. The lowest BCUT2D eigenvalue weighted by molar-refractivity contribution is -0.127. The largest absolute Gasteiger partial charge is 0.332 e. The van der Waals surface area contributed by atoms with Gasteiger partial charge in [-0.15, -0.1) is 10.2 Å². The molecule has 9 nitrogen and oxygen atoms in total. The van der Waals surface area contributed by atoms with Crippen molar-refractivity contribution < 1.29 is 9.59 Å². The zero-order valence-electron chi connectivity index (χ0n) is 16.4. The first-order chi connectivity index (χ1) is 14.5. The van der Waals surface area contributed by atoms with Crippen molar-refractivity contribution in [2.24, 2.45) is 7.05 Å². The highest BCUT2D eigenvalue weighted by Gasteiger charge is 2.43. The Hall–Kier alpha value is -4.01. The molecule has 0 bridgehead atoms. The van der Waals surface area contributed by atoms with E-state index in [4.69, 9.17) is 0 Å². The van der Waals surface area contributed by atoms with E-state index in [1.165, 1.54) is 14.4 Å². The molecule has 3 amide bonds. The van der Waals surface area contributed by atoms with Gasteiger partial charge in [-0.1, -0.05) is 30.3 Å². The van der Waals surface area contributed by atoms with Crippen molar-refractivity contribution in [1.82, 2.24) is 24.1 Å². The number of rotatable bonds is 3. The number of benzene rings is 2. The maximum Gasteiger partial charge on any atom is 0.332 e. The molecule has 0 spiro atoms. The Labute approximate surface area is 170 Å². The van der Waals surface area contributed by atoms with Crippen LogP contribution in [0, 0.1) is 0 Å². The van der Waals surface area contributed by atoms with E-state index in [1.54, 1.807) is 48.7 Å². The number of fused-ring (bicyclic) bond motifs is 3. The summed E-state index contributed by atoms with van der Waals surface area (Å²) < 4.78 is 3.12. The molecule has 1 aliphatic rings. The van der Waals surface area contributed by atoms with Gasteiger partial charge >= 0.3 is 6.03 Å². The molecule has 4 aromatic rings. The van der Waals surface area contributed by atoms with Crippen LogP contribution in [0.1, 0.15) is 12.7 Å². The minimum atomic E-state index is -0.625. The van der Waals surface area contributed by atoms with Crippen LogP contribution in [0.25, 0.3) is 16.7 Å². The zero-order valence-corrected chi connectivity index (χ0v) is 16.4. The second-order valence-corrected chi connectivity index (χ2v) is 7.22. The highest BCUT2D eigenvalue weighted by atomic mass is 16.2. The van der Waals surface area contributed by atoms with Gasteiger partial charge in [-0.25, -0.2) is 4.79 Å². The molecule has 0 unspecified atom stereocenters. The average Bonchev–Trinajstić information content (AvgIpc) is 3.28. The van der Waals surface area contributed by atoms with Gasteiger partial charge in [-0.3, -0.25) is 28.4 Å². The Balaban J connectivity index is 1.61. The number of anilines is 1. The van der Waals surface area contributed by atoms with Crippen LogP contribution >= 0.6 is 0 Å². The van der Waals surface area contributed by atoms with Crippen LogP contribution in [0.4, 0.5) is 10.5 Å². The molecule has 1 fully saturated rings. The number of amides is 3. The molecule has 9 heteroatoms. The number of para-hydroxylation sites is 2. The molecule has 150 valence electrons. The van der Waals surface area contributed by atoms with Gasteiger partial charge in [0.2, 0.25) is 5.78 Å². The van der Waals surface area contributed by atoms with Crippen LogP contribution in [0.15, 0.2) is 59.4 Å². The number of urea groups is 1. The predicted octanol–water partition coefficient (Wildman–Crippen LogP) is 1.94. The molecule has 0 aliphatic carbocycles. The molecule has 5 rings (SSSR count). The fourth-order valence-corrected chi connectivity index (χ4v) is 3.93. The van der Waals surface area contributed by atoms with E-state index < -0.39 is 12.1 Å². The molecular formula is C21H18N6O3. The lowest BCUT2D eigenvalue weighted by atomic mass is 10.2. The summed E-state index contributed by atoms with van der Waals surface area (Å²) in [5.74, 6) is 0.441. The Morgan fingerprint density at radius 2 is 1.63 bits per heavy atom. The second-order valence-electron chi connectivity index (χ2n) is 7.22. The van der Waals surface area contributed by atoms with Crippen LogP contribution in [-0.4, -0.2) is 42.0 Å². The number of carbonyl (C=O) groups is 2. The lowest BCUT2D eigenvalue weighted by Crippen LogP contribution is -2.34. The lowest BCUT2D eigenvalue weighted by Gasteiger charge is -2.19. The number of hydrogen-bond donors (Lipinski definition) is 0. The standard InChI is InChI=1S/C21H18N6O3/c1-13-18(28)25(21(30)26(13)14-8-4-3-5-9-14)12-17-22-23-20-24(2)19(29)15-10-6-7-11-16(15)27(17)20/h3-11,13H,12H2,1-2H3/t13-/m0/s1. The van der Waals surface area contributed by atoms with Crippen LogP contribution in [0.5, 0.6) is 0 Å². The summed E-state index contributed by atoms with van der Waals surface area (Å²) in [7, 11) is 1.62. The molecular weight excluding hydrogens is 384 g/mol. The van der Waals surface area contributed by atoms with Gasteiger partial charge in [0.15, 0.2) is 5.82 Å². The van der Waals surface area contributed by atoms with Crippen molar-refractivity contribution in [3.63, 3.8) is 0 Å². The van der Waals surface area contributed by atoms with Crippen molar-refractivity contribution in [3.8, 4) is 0 Å². The topological polar surface area (TPSA) is 92.8 Å². The highest BCUT2D eigenvalue weighted by molar-refractivity contribution is 6.13. The Morgan fingerprint density at radius 3 is 2.40 bits per heavy atom. The molecule has 1 saturated heterocycles. The first-order valence-corrected chi connectivity index (χ1v) is 9.50. The molecule has 1 atom stereocenters. The molecule has 0 N–H and O–H groups in total. The molecule has 0 saturated carbocycles. The minimum absolute atomic E-state index is 0.0469. The van der Waals surface area contributed by atoms with Crippen LogP contribution in [-0.2, 0) is 18.4 Å². The van der Waals surface area contributed by atoms with E-state index in [9.17, 15) is 14.4 Å². The van der Waals surface area contributed by atoms with Gasteiger partial charge in [0, 0.05) is 12.7 Å².